The van der Waals surface area contributed by atoms with Crippen molar-refractivity contribution in [1.29, 1.82) is 0 Å². The van der Waals surface area contributed by atoms with Crippen molar-refractivity contribution in [3.05, 3.63) is 42.2 Å². The Morgan fingerprint density at radius 1 is 1.11 bits per heavy atom. The molecule has 61 heavy (non-hydrogen) atoms. The molecule has 332 valence electrons. The predicted molar refractivity (Wildman–Crippen MR) is 224 cm³/mol. The number of ether oxygens (including phenoxy) is 3. The minimum Gasteiger partial charge on any atom is -0.491 e. The SMILES string of the molecule is C=C[C@@H]1C[C@]1(NC(=O)[C@@H]1C[C@@H]2CN1C(=O)[C@H](C(C)(C)C)NC(=O)O[C@@H]1C[C@H]1CCCCCc1c(nc3c(F)cccc3c1OCCN1CCC1)O2)C(=O)NS(=O)(=O)C1(C)CC1. The fraction of sp³-hybridized carbons (Fsp3) is 0.659. The van der Waals surface area contributed by atoms with Crippen molar-refractivity contribution in [3.63, 3.8) is 0 Å². The number of hydrogen-bond donors (Lipinski definition) is 3. The highest BCUT2D eigenvalue weighted by atomic mass is 32.2. The van der Waals surface area contributed by atoms with Gasteiger partial charge in [-0.05, 0) is 94.8 Å². The third-order valence-corrected chi connectivity index (χ3v) is 15.7. The van der Waals surface area contributed by atoms with Crippen LogP contribution in [0.3, 0.4) is 0 Å². The van der Waals surface area contributed by atoms with Crippen LogP contribution in [0.15, 0.2) is 30.9 Å². The number of carbonyl (C=O) groups is 4. The third kappa shape index (κ3) is 8.78. The van der Waals surface area contributed by atoms with Crippen LogP contribution >= 0.6 is 0 Å². The van der Waals surface area contributed by atoms with E-state index in [0.29, 0.717) is 49.1 Å². The zero-order valence-corrected chi connectivity index (χ0v) is 36.4. The van der Waals surface area contributed by atoms with E-state index in [2.05, 4.69) is 26.8 Å². The number of alkyl carbamates (subject to hydrolysis) is 1. The Labute approximate surface area is 356 Å². The molecular weight excluding hydrogens is 808 g/mol. The fourth-order valence-corrected chi connectivity index (χ4v) is 10.2. The molecule has 3 aliphatic carbocycles. The smallest absolute Gasteiger partial charge is 0.408 e. The lowest BCUT2D eigenvalue weighted by atomic mass is 9.85. The van der Waals surface area contributed by atoms with Gasteiger partial charge in [-0.1, -0.05) is 45.8 Å². The summed E-state index contributed by atoms with van der Waals surface area (Å²) in [6.45, 7) is 13.7. The maximum absolute atomic E-state index is 15.6. The first-order chi connectivity index (χ1) is 28.9. The van der Waals surface area contributed by atoms with Gasteiger partial charge in [0.25, 0.3) is 5.91 Å². The highest BCUT2D eigenvalue weighted by Crippen LogP contribution is 2.47. The van der Waals surface area contributed by atoms with Crippen LogP contribution in [0, 0.1) is 23.1 Å². The summed E-state index contributed by atoms with van der Waals surface area (Å²) in [5.74, 6) is -2.42. The second-order valence-corrected chi connectivity index (χ2v) is 21.5. The number of carbonyl (C=O) groups excluding carboxylic acids is 4. The van der Waals surface area contributed by atoms with Gasteiger partial charge < -0.3 is 29.7 Å². The molecule has 15 nitrogen and oxygen atoms in total. The van der Waals surface area contributed by atoms with Gasteiger partial charge in [-0.2, -0.15) is 0 Å². The summed E-state index contributed by atoms with van der Waals surface area (Å²) in [6, 6.07) is 2.39. The van der Waals surface area contributed by atoms with E-state index in [1.165, 1.54) is 17.0 Å². The van der Waals surface area contributed by atoms with Crippen molar-refractivity contribution < 1.29 is 46.2 Å². The molecule has 1 aromatic carbocycles. The second kappa shape index (κ2) is 16.3. The summed E-state index contributed by atoms with van der Waals surface area (Å²) in [7, 11) is -4.04. The Morgan fingerprint density at radius 2 is 1.89 bits per heavy atom. The lowest BCUT2D eigenvalue weighted by Crippen LogP contribution is -2.60. The average Bonchev–Trinajstić information content (AvgIpc) is 4.14. The predicted octanol–water partition coefficient (Wildman–Crippen LogP) is 4.51. The van der Waals surface area contributed by atoms with Gasteiger partial charge in [0.2, 0.25) is 27.7 Å². The molecule has 1 aromatic heterocycles. The van der Waals surface area contributed by atoms with E-state index in [1.807, 2.05) is 0 Å². The van der Waals surface area contributed by atoms with Crippen LogP contribution < -0.4 is 24.8 Å². The molecule has 6 aliphatic rings. The Bertz CT molecular complexity index is 2210. The number of nitrogens with zero attached hydrogens (tertiary/aromatic N) is 3. The Hall–Kier alpha value is -4.51. The van der Waals surface area contributed by atoms with Gasteiger partial charge in [-0.15, -0.1) is 6.58 Å². The number of benzene rings is 1. The van der Waals surface area contributed by atoms with Crippen molar-refractivity contribution >= 4 is 44.7 Å². The Balaban J connectivity index is 1.14. The molecule has 7 atom stereocenters. The molecule has 3 saturated carbocycles. The molecular formula is C44H59FN6O9S. The van der Waals surface area contributed by atoms with E-state index in [0.717, 1.165) is 51.6 Å². The molecule has 2 aromatic rings. The van der Waals surface area contributed by atoms with E-state index in [1.54, 1.807) is 39.8 Å². The summed E-state index contributed by atoms with van der Waals surface area (Å²) in [5.41, 5.74) is -1.71. The zero-order valence-electron chi connectivity index (χ0n) is 35.6. The van der Waals surface area contributed by atoms with Crippen LogP contribution in [0.25, 0.3) is 10.9 Å². The van der Waals surface area contributed by atoms with Crippen molar-refractivity contribution in [2.24, 2.45) is 17.3 Å². The van der Waals surface area contributed by atoms with Gasteiger partial charge in [-0.3, -0.25) is 24.0 Å². The van der Waals surface area contributed by atoms with Crippen LogP contribution in [0.2, 0.25) is 0 Å². The first-order valence-electron chi connectivity index (χ1n) is 21.8. The van der Waals surface area contributed by atoms with E-state index >= 15 is 4.39 Å². The number of nitrogens with one attached hydrogen (secondary N) is 3. The summed E-state index contributed by atoms with van der Waals surface area (Å²) >= 11 is 0. The summed E-state index contributed by atoms with van der Waals surface area (Å²) in [5, 5.41) is 6.14. The van der Waals surface area contributed by atoms with E-state index in [9.17, 15) is 27.6 Å². The molecule has 2 bridgehead atoms. The molecule has 17 heteroatoms. The maximum atomic E-state index is 15.6. The van der Waals surface area contributed by atoms with Gasteiger partial charge in [-0.25, -0.2) is 22.6 Å². The van der Waals surface area contributed by atoms with Crippen LogP contribution in [0.4, 0.5) is 9.18 Å². The normalized spacial score (nSPS) is 30.1. The number of sulfonamides is 1. The molecule has 3 N–H and O–H groups in total. The number of halogens is 1. The molecule has 4 heterocycles. The Kier molecular flexibility index (Phi) is 11.5. The monoisotopic (exact) mass is 866 g/mol. The van der Waals surface area contributed by atoms with Crippen LogP contribution in [0.1, 0.15) is 97.5 Å². The number of aromatic nitrogens is 1. The topological polar surface area (TPSA) is 186 Å². The van der Waals surface area contributed by atoms with Crippen molar-refractivity contribution in [2.75, 3.05) is 32.8 Å². The molecule has 0 spiro atoms. The third-order valence-electron chi connectivity index (χ3n) is 13.6. The number of para-hydroxylation sites is 1. The number of hydrogen-bond acceptors (Lipinski definition) is 11. The van der Waals surface area contributed by atoms with Crippen molar-refractivity contribution in [1.82, 2.24) is 30.1 Å². The second-order valence-electron chi connectivity index (χ2n) is 19.3. The molecule has 5 fully saturated rings. The maximum Gasteiger partial charge on any atom is 0.408 e. The minimum absolute atomic E-state index is 0.0585. The lowest BCUT2D eigenvalue weighted by molar-refractivity contribution is -0.142. The van der Waals surface area contributed by atoms with Crippen molar-refractivity contribution in [3.8, 4) is 11.6 Å². The zero-order chi connectivity index (χ0) is 43.5. The number of amides is 4. The first kappa shape index (κ1) is 43.2. The first-order valence-corrected chi connectivity index (χ1v) is 23.3. The van der Waals surface area contributed by atoms with Gasteiger partial charge in [0.15, 0.2) is 0 Å². The average molecular weight is 867 g/mol. The molecule has 0 unspecified atom stereocenters. The highest BCUT2D eigenvalue weighted by Gasteiger charge is 2.63. The van der Waals surface area contributed by atoms with Gasteiger partial charge >= 0.3 is 6.09 Å². The quantitative estimate of drug-likeness (QED) is 0.286. The Morgan fingerprint density at radius 3 is 2.56 bits per heavy atom. The molecule has 2 saturated heterocycles. The largest absolute Gasteiger partial charge is 0.491 e. The van der Waals surface area contributed by atoms with Crippen molar-refractivity contribution in [2.45, 2.75) is 133 Å². The number of rotatable bonds is 10. The molecule has 8 rings (SSSR count). The summed E-state index contributed by atoms with van der Waals surface area (Å²) < 4.78 is 62.1. The van der Waals surface area contributed by atoms with Crippen LogP contribution in [-0.2, 0) is 35.6 Å². The van der Waals surface area contributed by atoms with Crippen LogP contribution in [0.5, 0.6) is 11.6 Å². The van der Waals surface area contributed by atoms with Gasteiger partial charge in [0.05, 0.1) is 16.9 Å². The van der Waals surface area contributed by atoms with E-state index < -0.39 is 79.5 Å². The number of fused-ring (bicyclic) bond motifs is 5. The van der Waals surface area contributed by atoms with E-state index in [4.69, 9.17) is 19.2 Å². The summed E-state index contributed by atoms with van der Waals surface area (Å²) in [6.07, 6.45) is 6.28. The standard InChI is InChI=1S/C44H59FN6O9S/c1-6-27-24-44(27,40(54)49-61(56,57)43(5)16-17-43)48-37(52)32-23-28-25-51(32)39(53)36(42(2,3)4)47-41(55)60-33-22-26(33)12-8-7-9-13-30-35(58-21-20-50-18-11-19-50)29-14-10-15-31(45)34(29)46-38(30)59-28/h6,10,14-15,26-28,32-33,36H,1,7-9,11-13,16-25H2,2-5H3,(H,47,55)(H,48,52)(H,49,54)/t26-,27-,28-,32+,33-,36-,44-/m1/s1. The lowest BCUT2D eigenvalue weighted by Gasteiger charge is -2.35. The molecule has 3 aliphatic heterocycles. The molecule has 0 radical (unpaired) electrons. The fourth-order valence-electron chi connectivity index (χ4n) is 8.91. The van der Waals surface area contributed by atoms with E-state index in [-0.39, 0.29) is 42.8 Å². The van der Waals surface area contributed by atoms with Gasteiger partial charge in [0.1, 0.15) is 53.5 Å². The van der Waals surface area contributed by atoms with Gasteiger partial charge in [0, 0.05) is 24.3 Å². The number of likely N-dealkylation sites (tertiary alicyclic amines) is 1. The minimum atomic E-state index is -4.04. The molecule has 4 amide bonds. The summed E-state index contributed by atoms with van der Waals surface area (Å²) in [4.78, 5) is 64.9. The highest BCUT2D eigenvalue weighted by molar-refractivity contribution is 7.91. The number of pyridine rings is 1. The van der Waals surface area contributed by atoms with Crippen LogP contribution in [-0.4, -0.2) is 114 Å².